The van der Waals surface area contributed by atoms with Gasteiger partial charge in [0.2, 0.25) is 11.8 Å². The molecular formula is C19H31N3O2. The van der Waals surface area contributed by atoms with Crippen LogP contribution in [-0.4, -0.2) is 60.4 Å². The first-order valence-corrected chi connectivity index (χ1v) is 9.96. The van der Waals surface area contributed by atoms with Crippen molar-refractivity contribution >= 4 is 11.8 Å². The first-order chi connectivity index (χ1) is 11.7. The van der Waals surface area contributed by atoms with Gasteiger partial charge in [-0.15, -0.1) is 0 Å². The fourth-order valence-electron chi connectivity index (χ4n) is 4.90. The zero-order valence-electron chi connectivity index (χ0n) is 14.8. The van der Waals surface area contributed by atoms with Crippen molar-refractivity contribution in [1.82, 2.24) is 15.1 Å². The summed E-state index contributed by atoms with van der Waals surface area (Å²) in [6, 6.07) is 0.535. The van der Waals surface area contributed by atoms with Gasteiger partial charge in [-0.25, -0.2) is 0 Å². The third kappa shape index (κ3) is 3.32. The number of amides is 2. The van der Waals surface area contributed by atoms with Crippen molar-refractivity contribution in [2.75, 3.05) is 32.7 Å². The number of hydrogen-bond acceptors (Lipinski definition) is 3. The van der Waals surface area contributed by atoms with Gasteiger partial charge in [-0.2, -0.15) is 0 Å². The van der Waals surface area contributed by atoms with Crippen LogP contribution >= 0.6 is 0 Å². The summed E-state index contributed by atoms with van der Waals surface area (Å²) in [5, 5.41) is 3.40. The molecule has 1 unspecified atom stereocenters. The SMILES string of the molecule is O=C(C1CCCNCC1)N1CCC2(CCC(=O)N(C3CC3)C2)CC1. The molecule has 1 spiro atoms. The van der Waals surface area contributed by atoms with E-state index < -0.39 is 0 Å². The van der Waals surface area contributed by atoms with Crippen LogP contribution < -0.4 is 5.32 Å². The molecule has 24 heavy (non-hydrogen) atoms. The Morgan fingerprint density at radius 1 is 1.04 bits per heavy atom. The molecule has 3 heterocycles. The van der Waals surface area contributed by atoms with Crippen molar-refractivity contribution in [1.29, 1.82) is 0 Å². The molecule has 134 valence electrons. The summed E-state index contributed by atoms with van der Waals surface area (Å²) in [4.78, 5) is 29.3. The summed E-state index contributed by atoms with van der Waals surface area (Å²) in [6.07, 6.45) is 9.46. The van der Waals surface area contributed by atoms with Gasteiger partial charge >= 0.3 is 0 Å². The van der Waals surface area contributed by atoms with E-state index in [0.29, 0.717) is 17.9 Å². The lowest BCUT2D eigenvalue weighted by Crippen LogP contribution is -2.53. The number of rotatable bonds is 2. The minimum atomic E-state index is 0.227. The average molecular weight is 333 g/mol. The normalized spacial score (nSPS) is 31.2. The molecule has 5 nitrogen and oxygen atoms in total. The molecule has 0 aromatic carbocycles. The van der Waals surface area contributed by atoms with Gasteiger partial charge < -0.3 is 15.1 Å². The van der Waals surface area contributed by atoms with Gasteiger partial charge in [0.25, 0.3) is 0 Å². The molecule has 1 saturated carbocycles. The molecule has 3 saturated heterocycles. The third-order valence-electron chi connectivity index (χ3n) is 6.74. The summed E-state index contributed by atoms with van der Waals surface area (Å²) in [5.74, 6) is 0.983. The van der Waals surface area contributed by atoms with Gasteiger partial charge in [0.1, 0.15) is 0 Å². The monoisotopic (exact) mass is 333 g/mol. The molecule has 4 rings (SSSR count). The van der Waals surface area contributed by atoms with Gasteiger partial charge in [0.05, 0.1) is 0 Å². The van der Waals surface area contributed by atoms with Crippen LogP contribution in [0, 0.1) is 11.3 Å². The maximum Gasteiger partial charge on any atom is 0.225 e. The van der Waals surface area contributed by atoms with Crippen LogP contribution in [0.5, 0.6) is 0 Å². The van der Waals surface area contributed by atoms with Crippen molar-refractivity contribution in [2.45, 2.75) is 63.8 Å². The van der Waals surface area contributed by atoms with E-state index in [-0.39, 0.29) is 11.3 Å². The molecule has 5 heteroatoms. The Bertz CT molecular complexity index is 487. The van der Waals surface area contributed by atoms with E-state index in [1.807, 2.05) is 0 Å². The van der Waals surface area contributed by atoms with Gasteiger partial charge in [0, 0.05) is 38.0 Å². The summed E-state index contributed by atoms with van der Waals surface area (Å²) < 4.78 is 0. The molecule has 0 aromatic heterocycles. The number of carbonyl (C=O) groups is 2. The topological polar surface area (TPSA) is 52.7 Å². The molecule has 0 aromatic rings. The molecule has 4 aliphatic rings. The number of hydrogen-bond donors (Lipinski definition) is 1. The Morgan fingerprint density at radius 2 is 1.83 bits per heavy atom. The first kappa shape index (κ1) is 16.4. The maximum atomic E-state index is 12.8. The quantitative estimate of drug-likeness (QED) is 0.838. The Morgan fingerprint density at radius 3 is 2.58 bits per heavy atom. The zero-order chi connectivity index (χ0) is 16.6. The summed E-state index contributed by atoms with van der Waals surface area (Å²) >= 11 is 0. The molecule has 1 N–H and O–H groups in total. The second-order valence-corrected chi connectivity index (χ2v) is 8.46. The van der Waals surface area contributed by atoms with E-state index in [1.165, 1.54) is 12.8 Å². The van der Waals surface area contributed by atoms with Gasteiger partial charge in [0.15, 0.2) is 0 Å². The Hall–Kier alpha value is -1.10. The van der Waals surface area contributed by atoms with E-state index >= 15 is 0 Å². The molecule has 4 fully saturated rings. The van der Waals surface area contributed by atoms with Crippen molar-refractivity contribution in [3.63, 3.8) is 0 Å². The number of nitrogens with one attached hydrogen (secondary N) is 1. The predicted octanol–water partition coefficient (Wildman–Crippen LogP) is 1.77. The highest BCUT2D eigenvalue weighted by molar-refractivity contribution is 5.79. The van der Waals surface area contributed by atoms with E-state index in [4.69, 9.17) is 0 Å². The van der Waals surface area contributed by atoms with Gasteiger partial charge in [-0.05, 0) is 69.9 Å². The molecule has 0 bridgehead atoms. The Balaban J connectivity index is 1.34. The summed E-state index contributed by atoms with van der Waals surface area (Å²) in [7, 11) is 0. The van der Waals surface area contributed by atoms with Crippen LogP contribution in [0.2, 0.25) is 0 Å². The van der Waals surface area contributed by atoms with Crippen LogP contribution in [0.25, 0.3) is 0 Å². The standard InChI is InChI=1S/C19H31N3O2/c23-17-5-7-19(14-22(17)16-3-4-16)8-12-21(13-9-19)18(24)15-2-1-10-20-11-6-15/h15-16,20H,1-14H2. The highest BCUT2D eigenvalue weighted by Crippen LogP contribution is 2.43. The van der Waals surface area contributed by atoms with Crippen LogP contribution in [0.15, 0.2) is 0 Å². The van der Waals surface area contributed by atoms with Crippen molar-refractivity contribution in [3.05, 3.63) is 0 Å². The number of piperidine rings is 2. The minimum Gasteiger partial charge on any atom is -0.342 e. The Kier molecular flexibility index (Phi) is 4.54. The maximum absolute atomic E-state index is 12.8. The highest BCUT2D eigenvalue weighted by Gasteiger charge is 2.45. The van der Waals surface area contributed by atoms with Crippen molar-refractivity contribution in [2.24, 2.45) is 11.3 Å². The summed E-state index contributed by atoms with van der Waals surface area (Å²) in [5.41, 5.74) is 0.290. The van der Waals surface area contributed by atoms with Crippen LogP contribution in [0.3, 0.4) is 0 Å². The zero-order valence-corrected chi connectivity index (χ0v) is 14.8. The lowest BCUT2D eigenvalue weighted by Gasteiger charge is -2.48. The predicted molar refractivity (Wildman–Crippen MR) is 92.4 cm³/mol. The lowest BCUT2D eigenvalue weighted by molar-refractivity contribution is -0.144. The first-order valence-electron chi connectivity index (χ1n) is 9.96. The average Bonchev–Trinajstić information content (AvgIpc) is 3.44. The molecule has 1 atom stereocenters. The van der Waals surface area contributed by atoms with E-state index in [1.54, 1.807) is 0 Å². The van der Waals surface area contributed by atoms with Crippen molar-refractivity contribution in [3.8, 4) is 0 Å². The van der Waals surface area contributed by atoms with Gasteiger partial charge in [-0.1, -0.05) is 0 Å². The highest BCUT2D eigenvalue weighted by atomic mass is 16.2. The third-order valence-corrected chi connectivity index (χ3v) is 6.74. The number of carbonyl (C=O) groups excluding carboxylic acids is 2. The smallest absolute Gasteiger partial charge is 0.225 e. The minimum absolute atomic E-state index is 0.227. The van der Waals surface area contributed by atoms with Gasteiger partial charge in [-0.3, -0.25) is 9.59 Å². The lowest BCUT2D eigenvalue weighted by atomic mass is 9.72. The largest absolute Gasteiger partial charge is 0.342 e. The van der Waals surface area contributed by atoms with E-state index in [2.05, 4.69) is 15.1 Å². The fraction of sp³-hybridized carbons (Fsp3) is 0.895. The molecular weight excluding hydrogens is 302 g/mol. The van der Waals surface area contributed by atoms with Crippen molar-refractivity contribution < 1.29 is 9.59 Å². The van der Waals surface area contributed by atoms with Crippen LogP contribution in [0.4, 0.5) is 0 Å². The summed E-state index contributed by atoms with van der Waals surface area (Å²) in [6.45, 7) is 4.78. The second-order valence-electron chi connectivity index (χ2n) is 8.46. The van der Waals surface area contributed by atoms with Crippen LogP contribution in [-0.2, 0) is 9.59 Å². The second kappa shape index (κ2) is 6.66. The molecule has 0 radical (unpaired) electrons. The van der Waals surface area contributed by atoms with Crippen LogP contribution in [0.1, 0.15) is 57.8 Å². The molecule has 3 aliphatic heterocycles. The Labute approximate surface area is 145 Å². The number of nitrogens with zero attached hydrogens (tertiary/aromatic N) is 2. The molecule has 1 aliphatic carbocycles. The van der Waals surface area contributed by atoms with E-state index in [9.17, 15) is 9.59 Å². The number of likely N-dealkylation sites (tertiary alicyclic amines) is 2. The molecule has 2 amide bonds. The fourth-order valence-corrected chi connectivity index (χ4v) is 4.90. The van der Waals surface area contributed by atoms with E-state index in [0.717, 1.165) is 77.7 Å².